The fourth-order valence-electron chi connectivity index (χ4n) is 2.69. The van der Waals surface area contributed by atoms with E-state index in [9.17, 15) is 31.1 Å². The van der Waals surface area contributed by atoms with Gasteiger partial charge in [0.2, 0.25) is 0 Å². The molecule has 2 nitrogen and oxygen atoms in total. The molecule has 156 valence electrons. The van der Waals surface area contributed by atoms with Crippen LogP contribution < -0.4 is 28.9 Å². The molecule has 1 atom stereocenters. The van der Waals surface area contributed by atoms with Gasteiger partial charge in [0.05, 0.1) is 11.1 Å². The van der Waals surface area contributed by atoms with Crippen LogP contribution in [-0.2, 0) is 12.4 Å². The summed E-state index contributed by atoms with van der Waals surface area (Å²) < 4.78 is 85.0. The minimum Gasteiger partial charge on any atom is -0.457 e. The Balaban J connectivity index is 0.00000341. The van der Waals surface area contributed by atoms with Gasteiger partial charge >= 0.3 is 31.2 Å². The topological polar surface area (TPSA) is 26.3 Å². The van der Waals surface area contributed by atoms with Gasteiger partial charge in [-0.3, -0.25) is 4.79 Å². The summed E-state index contributed by atoms with van der Waals surface area (Å²) in [6.07, 6.45) is -10.2. The average molecular weight is 449 g/mol. The molecule has 1 unspecified atom stereocenters. The van der Waals surface area contributed by atoms with Gasteiger partial charge in [-0.2, -0.15) is 26.3 Å². The molecule has 0 fully saturated rings. The number of halogens is 6. The molecule has 0 heterocycles. The number of benzene rings is 3. The maximum Gasteiger partial charge on any atom is 1.00 e. The first kappa shape index (κ1) is 25.0. The summed E-state index contributed by atoms with van der Waals surface area (Å²) in [6.45, 7) is 0. The minimum absolute atomic E-state index is 0. The molecule has 3 aromatic rings. The number of carbonyl (C=O) groups excluding carboxylic acids is 1. The molecule has 0 radical (unpaired) electrons. The standard InChI is InChI=1S/C21H13F6O2P.Li/c22-20(23,24)16-7-4-8-17(21(25,26)27)18(16)19(28)30-15-11-9-14(10-12-15)29-13-5-2-1-3-6-13;/h1-12,30H;/q;+1. The van der Waals surface area contributed by atoms with Crippen molar-refractivity contribution in [1.82, 2.24) is 0 Å². The van der Waals surface area contributed by atoms with Crippen LogP contribution in [0, 0.1) is 0 Å². The number of para-hydroxylation sites is 1. The molecule has 0 aliphatic heterocycles. The van der Waals surface area contributed by atoms with Crippen molar-refractivity contribution in [3.8, 4) is 11.5 Å². The Hall–Kier alpha value is -2.26. The van der Waals surface area contributed by atoms with E-state index in [2.05, 4.69) is 0 Å². The van der Waals surface area contributed by atoms with Crippen molar-refractivity contribution in [2.24, 2.45) is 0 Å². The Kier molecular flexibility index (Phi) is 7.99. The van der Waals surface area contributed by atoms with Gasteiger partial charge in [0, 0.05) is 5.56 Å². The molecule has 0 bridgehead atoms. The van der Waals surface area contributed by atoms with Crippen molar-refractivity contribution in [1.29, 1.82) is 0 Å². The fraction of sp³-hybridized carbons (Fsp3) is 0.0952. The average Bonchev–Trinajstić information content (AvgIpc) is 2.68. The smallest absolute Gasteiger partial charge is 0.457 e. The molecular weight excluding hydrogens is 436 g/mol. The molecule has 0 aliphatic rings. The van der Waals surface area contributed by atoms with Crippen LogP contribution in [-0.4, -0.2) is 5.52 Å². The Morgan fingerprint density at radius 2 is 1.16 bits per heavy atom. The van der Waals surface area contributed by atoms with Crippen molar-refractivity contribution in [2.75, 3.05) is 0 Å². The van der Waals surface area contributed by atoms with Crippen molar-refractivity contribution in [3.63, 3.8) is 0 Å². The molecule has 0 aromatic heterocycles. The van der Waals surface area contributed by atoms with E-state index in [1.165, 1.54) is 24.3 Å². The molecule has 10 heteroatoms. The van der Waals surface area contributed by atoms with Gasteiger partial charge in [0.15, 0.2) is 5.52 Å². The van der Waals surface area contributed by atoms with Crippen LogP contribution in [0.15, 0.2) is 72.8 Å². The predicted octanol–water partition coefficient (Wildman–Crippen LogP) is 3.66. The summed E-state index contributed by atoms with van der Waals surface area (Å²) >= 11 is 0. The molecule has 0 amide bonds. The summed E-state index contributed by atoms with van der Waals surface area (Å²) in [5, 5.41) is 0.283. The van der Waals surface area contributed by atoms with Crippen LogP contribution in [0.4, 0.5) is 26.3 Å². The first-order valence-electron chi connectivity index (χ1n) is 8.47. The summed E-state index contributed by atoms with van der Waals surface area (Å²) in [5.41, 5.74) is -5.80. The number of rotatable bonds is 5. The van der Waals surface area contributed by atoms with E-state index in [0.29, 0.717) is 29.7 Å². The normalized spacial score (nSPS) is 11.9. The van der Waals surface area contributed by atoms with E-state index in [1.807, 2.05) is 0 Å². The largest absolute Gasteiger partial charge is 1.00 e. The number of hydrogen-bond acceptors (Lipinski definition) is 2. The third-order valence-corrected chi connectivity index (χ3v) is 5.09. The minimum atomic E-state index is -5.09. The third kappa shape index (κ3) is 6.36. The molecule has 3 rings (SSSR count). The Morgan fingerprint density at radius 3 is 1.65 bits per heavy atom. The van der Waals surface area contributed by atoms with E-state index in [0.717, 1.165) is 0 Å². The molecule has 0 saturated heterocycles. The molecule has 0 spiro atoms. The first-order chi connectivity index (χ1) is 14.1. The van der Waals surface area contributed by atoms with E-state index in [-0.39, 0.29) is 24.2 Å². The Bertz CT molecular complexity index is 1000. The van der Waals surface area contributed by atoms with Gasteiger partial charge in [0.1, 0.15) is 11.5 Å². The summed E-state index contributed by atoms with van der Waals surface area (Å²) in [6, 6.07) is 16.2. The molecule has 0 saturated carbocycles. The number of hydrogen-bond donors (Lipinski definition) is 0. The van der Waals surface area contributed by atoms with E-state index in [4.69, 9.17) is 4.74 Å². The van der Waals surface area contributed by atoms with Crippen LogP contribution >= 0.6 is 8.58 Å². The summed E-state index contributed by atoms with van der Waals surface area (Å²) in [7, 11) is -0.924. The van der Waals surface area contributed by atoms with Crippen LogP contribution in [0.5, 0.6) is 11.5 Å². The number of ether oxygens (including phenoxy) is 1. The first-order valence-corrected chi connectivity index (χ1v) is 9.47. The predicted molar refractivity (Wildman–Crippen MR) is 102 cm³/mol. The van der Waals surface area contributed by atoms with Gasteiger partial charge in [-0.15, -0.1) is 0 Å². The fourth-order valence-corrected chi connectivity index (χ4v) is 3.68. The second-order valence-corrected chi connectivity index (χ2v) is 7.40. The van der Waals surface area contributed by atoms with Gasteiger partial charge in [-0.25, -0.2) is 0 Å². The van der Waals surface area contributed by atoms with Gasteiger partial charge in [0.25, 0.3) is 0 Å². The molecule has 31 heavy (non-hydrogen) atoms. The second kappa shape index (κ2) is 9.91. The van der Waals surface area contributed by atoms with Crippen molar-refractivity contribution < 1.29 is 54.7 Å². The zero-order chi connectivity index (χ0) is 21.9. The maximum atomic E-state index is 13.2. The van der Waals surface area contributed by atoms with E-state index in [1.54, 1.807) is 30.3 Å². The molecule has 0 aliphatic carbocycles. The Labute approximate surface area is 187 Å². The SMILES string of the molecule is O=C(Pc1ccc(Oc2ccccc2)cc1)c1c(C(F)(F)F)cccc1C(F)(F)F.[Li+]. The second-order valence-electron chi connectivity index (χ2n) is 6.12. The third-order valence-electron chi connectivity index (χ3n) is 3.99. The van der Waals surface area contributed by atoms with Gasteiger partial charge in [-0.05, 0) is 50.3 Å². The summed E-state index contributed by atoms with van der Waals surface area (Å²) in [5.74, 6) is 0.964. The monoisotopic (exact) mass is 449 g/mol. The Morgan fingerprint density at radius 1 is 0.677 bits per heavy atom. The zero-order valence-corrected chi connectivity index (χ0v) is 17.0. The van der Waals surface area contributed by atoms with Crippen molar-refractivity contribution in [2.45, 2.75) is 12.4 Å². The van der Waals surface area contributed by atoms with Crippen molar-refractivity contribution >= 4 is 19.4 Å². The quantitative estimate of drug-likeness (QED) is 0.338. The van der Waals surface area contributed by atoms with Crippen LogP contribution in [0.1, 0.15) is 21.5 Å². The van der Waals surface area contributed by atoms with Crippen LogP contribution in [0.3, 0.4) is 0 Å². The zero-order valence-electron chi connectivity index (χ0n) is 16.0. The van der Waals surface area contributed by atoms with Gasteiger partial charge < -0.3 is 4.74 Å². The van der Waals surface area contributed by atoms with Crippen LogP contribution in [0.25, 0.3) is 0 Å². The molecular formula is C21H13F6LiO2P+. The number of alkyl halides is 6. The maximum absolute atomic E-state index is 13.2. The van der Waals surface area contributed by atoms with Gasteiger partial charge in [-0.1, -0.05) is 36.4 Å². The summed E-state index contributed by atoms with van der Waals surface area (Å²) in [4.78, 5) is 12.5. The van der Waals surface area contributed by atoms with E-state index >= 15 is 0 Å². The number of carbonyl (C=O) groups is 1. The molecule has 0 N–H and O–H groups in total. The van der Waals surface area contributed by atoms with Crippen LogP contribution in [0.2, 0.25) is 0 Å². The van der Waals surface area contributed by atoms with Crippen molar-refractivity contribution in [3.05, 3.63) is 89.5 Å². The van der Waals surface area contributed by atoms with E-state index < -0.39 is 43.1 Å². The molecule has 3 aromatic carbocycles.